The normalized spacial score (nSPS) is 17.0. The molecule has 1 aliphatic rings. The number of amides is 1. The molecule has 5 rings (SSSR count). The highest BCUT2D eigenvalue weighted by Crippen LogP contribution is 2.55. The van der Waals surface area contributed by atoms with Crippen molar-refractivity contribution in [2.75, 3.05) is 4.90 Å². The fourth-order valence-corrected chi connectivity index (χ4v) is 5.04. The first-order valence-corrected chi connectivity index (χ1v) is 10.6. The molecule has 154 valence electrons. The van der Waals surface area contributed by atoms with Crippen molar-refractivity contribution in [1.82, 2.24) is 0 Å². The lowest BCUT2D eigenvalue weighted by atomic mass is 9.76. The molecule has 0 bridgehead atoms. The number of carbonyl (C=O) groups is 1. The highest BCUT2D eigenvalue weighted by atomic mass is 16.3. The first-order chi connectivity index (χ1) is 14.9. The summed E-state index contributed by atoms with van der Waals surface area (Å²) < 4.78 is 0. The average Bonchev–Trinajstić information content (AvgIpc) is 3.00. The van der Waals surface area contributed by atoms with Crippen molar-refractivity contribution < 1.29 is 9.90 Å². The lowest BCUT2D eigenvalue weighted by Gasteiger charge is -2.35. The van der Waals surface area contributed by atoms with Gasteiger partial charge in [0.25, 0.3) is 5.91 Å². The van der Waals surface area contributed by atoms with E-state index in [9.17, 15) is 9.90 Å². The van der Waals surface area contributed by atoms with Gasteiger partial charge in [-0.2, -0.15) is 0 Å². The van der Waals surface area contributed by atoms with Crippen molar-refractivity contribution in [3.05, 3.63) is 107 Å². The van der Waals surface area contributed by atoms with Crippen molar-refractivity contribution in [2.24, 2.45) is 0 Å². The first kappa shape index (κ1) is 19.4. The van der Waals surface area contributed by atoms with Crippen molar-refractivity contribution in [3.8, 4) is 5.75 Å². The molecular weight excluding hydrogens is 382 g/mol. The van der Waals surface area contributed by atoms with Crippen molar-refractivity contribution in [1.29, 1.82) is 0 Å². The number of phenolic OH excluding ortho intramolecular Hbond substituents is 1. The highest BCUT2D eigenvalue weighted by molar-refractivity contribution is 6.09. The number of hydrogen-bond donors (Lipinski definition) is 1. The summed E-state index contributed by atoms with van der Waals surface area (Å²) >= 11 is 0. The third-order valence-corrected chi connectivity index (χ3v) is 6.50. The van der Waals surface area contributed by atoms with Gasteiger partial charge in [-0.1, -0.05) is 80.1 Å². The van der Waals surface area contributed by atoms with Gasteiger partial charge in [-0.3, -0.25) is 9.69 Å². The zero-order chi connectivity index (χ0) is 21.8. The molecule has 0 radical (unpaired) electrons. The molecule has 1 atom stereocenters. The SMILES string of the molecule is Cc1cccc(C(=O)N2c3ccccc3C(C)(C)C2c2c(O)ccc3ccccc23)c1. The van der Waals surface area contributed by atoms with E-state index >= 15 is 0 Å². The maximum absolute atomic E-state index is 13.9. The Morgan fingerprint density at radius 2 is 1.65 bits per heavy atom. The number of benzene rings is 4. The monoisotopic (exact) mass is 407 g/mol. The summed E-state index contributed by atoms with van der Waals surface area (Å²) in [5.41, 5.74) is 4.10. The summed E-state index contributed by atoms with van der Waals surface area (Å²) in [5, 5.41) is 13.1. The fourth-order valence-electron chi connectivity index (χ4n) is 5.04. The molecule has 0 aromatic heterocycles. The Morgan fingerprint density at radius 1 is 0.903 bits per heavy atom. The van der Waals surface area contributed by atoms with Crippen molar-refractivity contribution >= 4 is 22.4 Å². The largest absolute Gasteiger partial charge is 0.508 e. The molecule has 1 aliphatic heterocycles. The summed E-state index contributed by atoms with van der Waals surface area (Å²) in [6.45, 7) is 6.30. The number of nitrogens with zero attached hydrogens (tertiary/aromatic N) is 1. The average molecular weight is 408 g/mol. The molecule has 1 N–H and O–H groups in total. The molecule has 1 amide bonds. The Hall–Kier alpha value is -3.59. The Balaban J connectivity index is 1.80. The van der Waals surface area contributed by atoms with Crippen LogP contribution in [0.2, 0.25) is 0 Å². The molecule has 3 heteroatoms. The van der Waals surface area contributed by atoms with Gasteiger partial charge in [0.05, 0.1) is 6.04 Å². The topological polar surface area (TPSA) is 40.5 Å². The minimum Gasteiger partial charge on any atom is -0.508 e. The van der Waals surface area contributed by atoms with Crippen LogP contribution in [0.3, 0.4) is 0 Å². The van der Waals surface area contributed by atoms with Gasteiger partial charge in [0.2, 0.25) is 0 Å². The zero-order valence-corrected chi connectivity index (χ0v) is 18.0. The molecule has 1 heterocycles. The number of aryl methyl sites for hydroxylation is 1. The van der Waals surface area contributed by atoms with E-state index in [1.165, 1.54) is 0 Å². The summed E-state index contributed by atoms with van der Waals surface area (Å²) in [5.74, 6) is 0.158. The van der Waals surface area contributed by atoms with Gasteiger partial charge in [-0.15, -0.1) is 0 Å². The van der Waals surface area contributed by atoms with E-state index in [-0.39, 0.29) is 17.7 Å². The minimum atomic E-state index is -0.391. The van der Waals surface area contributed by atoms with Crippen LogP contribution in [0.25, 0.3) is 10.8 Å². The molecule has 0 aliphatic carbocycles. The Morgan fingerprint density at radius 3 is 2.45 bits per heavy atom. The third-order valence-electron chi connectivity index (χ3n) is 6.50. The minimum absolute atomic E-state index is 0.0564. The number of hydrogen-bond acceptors (Lipinski definition) is 2. The Labute approximate surface area is 182 Å². The van der Waals surface area contributed by atoms with Crippen LogP contribution < -0.4 is 4.90 Å². The molecular formula is C28H25NO2. The molecule has 3 nitrogen and oxygen atoms in total. The van der Waals surface area contributed by atoms with E-state index in [1.54, 1.807) is 6.07 Å². The van der Waals surface area contributed by atoms with Crippen molar-refractivity contribution in [3.63, 3.8) is 0 Å². The van der Waals surface area contributed by atoms with E-state index in [1.807, 2.05) is 84.6 Å². The van der Waals surface area contributed by atoms with Crippen molar-refractivity contribution in [2.45, 2.75) is 32.2 Å². The van der Waals surface area contributed by atoms with Gasteiger partial charge >= 0.3 is 0 Å². The van der Waals surface area contributed by atoms with Crippen LogP contribution in [0.5, 0.6) is 5.75 Å². The highest BCUT2D eigenvalue weighted by Gasteiger charge is 2.49. The van der Waals surface area contributed by atoms with Gasteiger partial charge in [-0.25, -0.2) is 0 Å². The number of rotatable bonds is 2. The van der Waals surface area contributed by atoms with Crippen LogP contribution in [-0.4, -0.2) is 11.0 Å². The quantitative estimate of drug-likeness (QED) is 0.410. The number of para-hydroxylation sites is 1. The smallest absolute Gasteiger partial charge is 0.258 e. The molecule has 1 unspecified atom stereocenters. The second-order valence-electron chi connectivity index (χ2n) is 8.91. The molecule has 0 saturated carbocycles. The molecule has 0 saturated heterocycles. The number of fused-ring (bicyclic) bond motifs is 2. The van der Waals surface area contributed by atoms with E-state index in [0.29, 0.717) is 5.56 Å². The number of aromatic hydroxyl groups is 1. The van der Waals surface area contributed by atoms with E-state index in [4.69, 9.17) is 0 Å². The standard InChI is InChI=1S/C28H25NO2/c1-18-9-8-11-20(17-18)27(31)29-23-14-7-6-13-22(23)28(2,3)26(29)25-21-12-5-4-10-19(21)15-16-24(25)30/h4-17,26,30H,1-3H3. The van der Waals surface area contributed by atoms with Gasteiger partial charge in [0.15, 0.2) is 0 Å². The van der Waals surface area contributed by atoms with Crippen LogP contribution in [0, 0.1) is 6.92 Å². The third kappa shape index (κ3) is 2.92. The lowest BCUT2D eigenvalue weighted by molar-refractivity contribution is 0.0971. The molecule has 4 aromatic carbocycles. The lowest BCUT2D eigenvalue weighted by Crippen LogP contribution is -2.38. The van der Waals surface area contributed by atoms with Crippen LogP contribution in [0.15, 0.2) is 84.9 Å². The van der Waals surface area contributed by atoms with Crippen LogP contribution >= 0.6 is 0 Å². The van der Waals surface area contributed by atoms with Crippen LogP contribution in [-0.2, 0) is 5.41 Å². The summed E-state index contributed by atoms with van der Waals surface area (Å²) in [6.07, 6.45) is 0. The number of anilines is 1. The summed E-state index contributed by atoms with van der Waals surface area (Å²) in [4.78, 5) is 15.8. The van der Waals surface area contributed by atoms with Gasteiger partial charge < -0.3 is 5.11 Å². The molecule has 0 spiro atoms. The Bertz CT molecular complexity index is 1320. The fraction of sp³-hybridized carbons (Fsp3) is 0.179. The van der Waals surface area contributed by atoms with Gasteiger partial charge in [0.1, 0.15) is 5.75 Å². The molecule has 0 fully saturated rings. The maximum Gasteiger partial charge on any atom is 0.258 e. The predicted octanol–water partition coefficient (Wildman–Crippen LogP) is 6.53. The van der Waals surface area contributed by atoms with E-state index < -0.39 is 5.41 Å². The number of phenols is 1. The molecule has 4 aromatic rings. The zero-order valence-electron chi connectivity index (χ0n) is 18.0. The number of carbonyl (C=O) groups excluding carboxylic acids is 1. The van der Waals surface area contributed by atoms with E-state index in [2.05, 4.69) is 19.9 Å². The second-order valence-corrected chi connectivity index (χ2v) is 8.91. The van der Waals surface area contributed by atoms with Gasteiger partial charge in [0, 0.05) is 22.2 Å². The molecule has 31 heavy (non-hydrogen) atoms. The Kier molecular flexibility index (Phi) is 4.37. The first-order valence-electron chi connectivity index (χ1n) is 10.6. The summed E-state index contributed by atoms with van der Waals surface area (Å²) in [6, 6.07) is 27.1. The predicted molar refractivity (Wildman–Crippen MR) is 126 cm³/mol. The summed E-state index contributed by atoms with van der Waals surface area (Å²) in [7, 11) is 0. The van der Waals surface area contributed by atoms with Crippen LogP contribution in [0.1, 0.15) is 46.9 Å². The van der Waals surface area contributed by atoms with Gasteiger partial charge in [-0.05, 0) is 47.5 Å². The van der Waals surface area contributed by atoms with Crippen LogP contribution in [0.4, 0.5) is 5.69 Å². The van der Waals surface area contributed by atoms with E-state index in [0.717, 1.165) is 33.2 Å². The second kappa shape index (κ2) is 6.98. The maximum atomic E-state index is 13.9.